The lowest BCUT2D eigenvalue weighted by atomic mass is 10.1. The van der Waals surface area contributed by atoms with Crippen LogP contribution in [0.5, 0.6) is 0 Å². The number of aliphatic imine (C=N–C) groups is 1. The van der Waals surface area contributed by atoms with Crippen LogP contribution in [0.25, 0.3) is 0 Å². The van der Waals surface area contributed by atoms with Crippen molar-refractivity contribution >= 4 is 23.9 Å². The largest absolute Gasteiger partial charge is 0.480 e. The van der Waals surface area contributed by atoms with Gasteiger partial charge in [0.15, 0.2) is 5.96 Å². The Morgan fingerprint density at radius 2 is 1.00 bits per heavy atom. The van der Waals surface area contributed by atoms with Crippen LogP contribution in [0.1, 0.15) is 44.9 Å². The standard InChI is InChI=1S/C6H14N4O2.C6H14N2O2.C5H12N2O2/c7-4(5(11)12)2-1-3-10-6(8)9;7-4-2-1-3-5(8)6(9)10;6-3-1-2-4(7)5(8)9/h4H,1-3,7H2,(H,11,12)(H4,8,9,10);5H,1-4,7-8H2,(H,9,10);4H,1-3,6-7H2,(H,8,9). The topological polar surface area (TPSA) is 306 Å². The van der Waals surface area contributed by atoms with E-state index in [1.54, 1.807) is 0 Å². The molecular weight excluding hydrogens is 412 g/mol. The number of rotatable bonds is 14. The monoisotopic (exact) mass is 452 g/mol. The predicted octanol–water partition coefficient (Wildman–Crippen LogP) is -2.88. The summed E-state index contributed by atoms with van der Waals surface area (Å²) in [6, 6.07) is -2.28. The Morgan fingerprint density at radius 3 is 1.32 bits per heavy atom. The highest BCUT2D eigenvalue weighted by atomic mass is 16.4. The van der Waals surface area contributed by atoms with Gasteiger partial charge in [-0.2, -0.15) is 0 Å². The summed E-state index contributed by atoms with van der Waals surface area (Å²) in [5, 5.41) is 24.9. The summed E-state index contributed by atoms with van der Waals surface area (Å²) in [6.07, 6.45) is 4.26. The van der Waals surface area contributed by atoms with Gasteiger partial charge in [-0.1, -0.05) is 6.42 Å². The maximum Gasteiger partial charge on any atom is 0.320 e. The quantitative estimate of drug-likeness (QED) is 0.0719. The van der Waals surface area contributed by atoms with E-state index in [4.69, 9.17) is 55.5 Å². The van der Waals surface area contributed by atoms with Crippen LogP contribution in [-0.4, -0.2) is 76.9 Å². The molecule has 0 aromatic heterocycles. The van der Waals surface area contributed by atoms with Crippen molar-refractivity contribution in [3.63, 3.8) is 0 Å². The van der Waals surface area contributed by atoms with Gasteiger partial charge < -0.3 is 55.5 Å². The first-order chi connectivity index (χ1) is 14.4. The summed E-state index contributed by atoms with van der Waals surface area (Å²) >= 11 is 0. The van der Waals surface area contributed by atoms with Gasteiger partial charge in [0, 0.05) is 6.54 Å². The minimum Gasteiger partial charge on any atom is -0.480 e. The lowest BCUT2D eigenvalue weighted by molar-refractivity contribution is -0.139. The minimum atomic E-state index is -1.00. The number of carboxylic acid groups (broad SMARTS) is 3. The molecule has 0 amide bonds. The molecule has 0 aromatic carbocycles. The molecule has 0 aliphatic carbocycles. The first kappa shape index (κ1) is 33.1. The molecule has 0 fully saturated rings. The molecule has 14 heteroatoms. The second-order valence-electron chi connectivity index (χ2n) is 6.50. The van der Waals surface area contributed by atoms with Crippen molar-refractivity contribution in [3.05, 3.63) is 0 Å². The smallest absolute Gasteiger partial charge is 0.320 e. The average molecular weight is 453 g/mol. The summed E-state index contributed by atoms with van der Waals surface area (Å²) in [7, 11) is 0. The molecule has 0 radical (unpaired) electrons. The van der Waals surface area contributed by atoms with E-state index in [0.717, 1.165) is 12.8 Å². The lowest BCUT2D eigenvalue weighted by Gasteiger charge is -2.03. The molecule has 0 spiro atoms. The fourth-order valence-corrected chi connectivity index (χ4v) is 1.74. The maximum atomic E-state index is 10.2. The number of aliphatic carboxylic acids is 3. The number of nitrogens with two attached hydrogens (primary N) is 7. The van der Waals surface area contributed by atoms with Crippen LogP contribution in [0.4, 0.5) is 0 Å². The number of unbranched alkanes of at least 4 members (excludes halogenated alkanes) is 1. The molecule has 17 N–H and O–H groups in total. The van der Waals surface area contributed by atoms with E-state index in [-0.39, 0.29) is 5.96 Å². The van der Waals surface area contributed by atoms with E-state index in [0.29, 0.717) is 51.7 Å². The van der Waals surface area contributed by atoms with Crippen LogP contribution in [0, 0.1) is 0 Å². The summed E-state index contributed by atoms with van der Waals surface area (Å²) in [5.74, 6) is -2.88. The summed E-state index contributed by atoms with van der Waals surface area (Å²) in [6.45, 7) is 1.52. The van der Waals surface area contributed by atoms with Gasteiger partial charge in [0.25, 0.3) is 0 Å². The van der Waals surface area contributed by atoms with Gasteiger partial charge in [0.05, 0.1) is 0 Å². The van der Waals surface area contributed by atoms with Crippen molar-refractivity contribution in [1.29, 1.82) is 0 Å². The molecule has 3 atom stereocenters. The maximum absolute atomic E-state index is 10.2. The number of nitrogens with zero attached hydrogens (tertiary/aromatic N) is 1. The third-order valence-corrected chi connectivity index (χ3v) is 3.61. The van der Waals surface area contributed by atoms with Crippen molar-refractivity contribution < 1.29 is 29.7 Å². The molecule has 31 heavy (non-hydrogen) atoms. The fraction of sp³-hybridized carbons (Fsp3) is 0.765. The van der Waals surface area contributed by atoms with E-state index < -0.39 is 36.0 Å². The second kappa shape index (κ2) is 22.2. The SMILES string of the molecule is NC(N)=NCCCC(N)C(=O)O.NCCCC(N)C(=O)O.NCCCCC(N)C(=O)O. The van der Waals surface area contributed by atoms with Crippen LogP contribution >= 0.6 is 0 Å². The molecule has 184 valence electrons. The first-order valence-corrected chi connectivity index (χ1v) is 9.81. The van der Waals surface area contributed by atoms with Gasteiger partial charge in [-0.15, -0.1) is 0 Å². The molecule has 0 aromatic rings. The van der Waals surface area contributed by atoms with Crippen molar-refractivity contribution in [3.8, 4) is 0 Å². The molecule has 14 nitrogen and oxygen atoms in total. The lowest BCUT2D eigenvalue weighted by Crippen LogP contribution is -2.30. The number of carboxylic acids is 3. The minimum absolute atomic E-state index is 0.0129. The Bertz CT molecular complexity index is 517. The Labute approximate surface area is 182 Å². The highest BCUT2D eigenvalue weighted by molar-refractivity contribution is 5.75. The van der Waals surface area contributed by atoms with E-state index in [1.807, 2.05) is 0 Å². The van der Waals surface area contributed by atoms with Crippen molar-refractivity contribution in [2.45, 2.75) is 63.1 Å². The van der Waals surface area contributed by atoms with Gasteiger partial charge in [-0.25, -0.2) is 0 Å². The average Bonchev–Trinajstić information content (AvgIpc) is 2.69. The molecule has 0 saturated carbocycles. The van der Waals surface area contributed by atoms with Crippen molar-refractivity contribution in [1.82, 2.24) is 0 Å². The second-order valence-corrected chi connectivity index (χ2v) is 6.50. The van der Waals surface area contributed by atoms with E-state index in [1.165, 1.54) is 0 Å². The number of hydrogen-bond acceptors (Lipinski definition) is 9. The summed E-state index contributed by atoms with van der Waals surface area (Å²) in [5.41, 5.74) is 36.0. The van der Waals surface area contributed by atoms with Crippen LogP contribution in [0.2, 0.25) is 0 Å². The van der Waals surface area contributed by atoms with Crippen molar-refractivity contribution in [2.24, 2.45) is 45.1 Å². The zero-order valence-corrected chi connectivity index (χ0v) is 17.9. The summed E-state index contributed by atoms with van der Waals surface area (Å²) < 4.78 is 0. The molecule has 0 rings (SSSR count). The van der Waals surface area contributed by atoms with Gasteiger partial charge in [-0.3, -0.25) is 19.4 Å². The first-order valence-electron chi connectivity index (χ1n) is 9.81. The normalized spacial score (nSPS) is 12.7. The summed E-state index contributed by atoms with van der Waals surface area (Å²) in [4.78, 5) is 34.1. The fourth-order valence-electron chi connectivity index (χ4n) is 1.74. The Hall–Kier alpha value is -2.52. The number of hydrogen-bond donors (Lipinski definition) is 10. The van der Waals surface area contributed by atoms with Crippen LogP contribution in [0.15, 0.2) is 4.99 Å². The number of guanidine groups is 1. The van der Waals surface area contributed by atoms with Crippen LogP contribution in [-0.2, 0) is 14.4 Å². The Morgan fingerprint density at radius 1 is 0.645 bits per heavy atom. The molecule has 0 aliphatic rings. The molecule has 0 heterocycles. The number of carbonyl (C=O) groups is 3. The van der Waals surface area contributed by atoms with Gasteiger partial charge >= 0.3 is 17.9 Å². The zero-order valence-electron chi connectivity index (χ0n) is 17.9. The van der Waals surface area contributed by atoms with Crippen LogP contribution < -0.4 is 40.1 Å². The molecule has 3 unspecified atom stereocenters. The molecule has 0 bridgehead atoms. The third kappa shape index (κ3) is 27.5. The van der Waals surface area contributed by atoms with E-state index in [2.05, 4.69) is 4.99 Å². The van der Waals surface area contributed by atoms with Gasteiger partial charge in [0.2, 0.25) is 0 Å². The Balaban J connectivity index is -0.000000384. The van der Waals surface area contributed by atoms with Crippen LogP contribution in [0.3, 0.4) is 0 Å². The van der Waals surface area contributed by atoms with E-state index in [9.17, 15) is 14.4 Å². The van der Waals surface area contributed by atoms with Crippen molar-refractivity contribution in [2.75, 3.05) is 19.6 Å². The van der Waals surface area contributed by atoms with Gasteiger partial charge in [0.1, 0.15) is 18.1 Å². The Kier molecular flexibility index (Phi) is 23.7. The molecule has 0 aliphatic heterocycles. The third-order valence-electron chi connectivity index (χ3n) is 3.61. The zero-order chi connectivity index (χ0) is 24.8. The molecular formula is C17H40N8O6. The highest BCUT2D eigenvalue weighted by Gasteiger charge is 2.10. The molecule has 0 saturated heterocycles. The highest BCUT2D eigenvalue weighted by Crippen LogP contribution is 1.97. The van der Waals surface area contributed by atoms with E-state index >= 15 is 0 Å². The van der Waals surface area contributed by atoms with Gasteiger partial charge in [-0.05, 0) is 51.6 Å². The predicted molar refractivity (Wildman–Crippen MR) is 118 cm³/mol.